The number of aliphatic hydroxyl groups excluding tert-OH is 1. The molecule has 8 heteroatoms. The Bertz CT molecular complexity index is 529. The van der Waals surface area contributed by atoms with Gasteiger partial charge in [-0.2, -0.15) is 4.31 Å². The molecule has 1 aliphatic rings. The summed E-state index contributed by atoms with van der Waals surface area (Å²) in [6.45, 7) is 0.211. The summed E-state index contributed by atoms with van der Waals surface area (Å²) in [6.07, 6.45) is -0.772. The molecule has 6 nitrogen and oxygen atoms in total. The Morgan fingerprint density at radius 2 is 2.12 bits per heavy atom. The van der Waals surface area contributed by atoms with E-state index < -0.39 is 22.1 Å². The molecular weight excluding hydrogens is 266 g/mol. The van der Waals surface area contributed by atoms with Crippen molar-refractivity contribution in [2.24, 2.45) is 0 Å². The number of β-amino-alcohol motifs (C(OH)–C–C–N with tert-alkyl or cyclic N) is 1. The van der Waals surface area contributed by atoms with Crippen LogP contribution < -0.4 is 0 Å². The van der Waals surface area contributed by atoms with Gasteiger partial charge in [0.15, 0.2) is 0 Å². The minimum absolute atomic E-state index is 0.106. The molecule has 2 heterocycles. The Hall–Kier alpha value is -0.960. The van der Waals surface area contributed by atoms with Crippen molar-refractivity contribution < 1.29 is 23.4 Å². The molecule has 0 bridgehead atoms. The summed E-state index contributed by atoms with van der Waals surface area (Å²) in [5, 5.41) is 17.7. The zero-order valence-electron chi connectivity index (χ0n) is 8.74. The zero-order chi connectivity index (χ0) is 12.6. The van der Waals surface area contributed by atoms with Crippen LogP contribution in [0.3, 0.4) is 0 Å². The number of hydrogen-bond acceptors (Lipinski definition) is 5. The van der Waals surface area contributed by atoms with Crippen molar-refractivity contribution in [3.05, 3.63) is 17.0 Å². The van der Waals surface area contributed by atoms with Crippen LogP contribution in [-0.4, -0.2) is 48.1 Å². The van der Waals surface area contributed by atoms with E-state index in [2.05, 4.69) is 0 Å². The summed E-state index contributed by atoms with van der Waals surface area (Å²) in [7, 11) is -3.55. The van der Waals surface area contributed by atoms with Gasteiger partial charge < -0.3 is 10.2 Å². The van der Waals surface area contributed by atoms with E-state index in [9.17, 15) is 13.2 Å². The second-order valence-electron chi connectivity index (χ2n) is 3.77. The lowest BCUT2D eigenvalue weighted by Crippen LogP contribution is -2.53. The number of carbonyl (C=O) groups is 1. The highest BCUT2D eigenvalue weighted by Crippen LogP contribution is 2.28. The number of nitrogens with zero attached hydrogens (tertiary/aromatic N) is 1. The Morgan fingerprint density at radius 1 is 1.47 bits per heavy atom. The second kappa shape index (κ2) is 4.37. The first-order valence-corrected chi connectivity index (χ1v) is 7.14. The number of thiophene rings is 1. The molecule has 0 spiro atoms. The standard InChI is InChI=1S/C9H11NO5S2/c11-6-4-10(5-6)17(14,15)9-2-1-7(16-9)3-8(12)13/h1-2,6,11H,3-5H2,(H,12,13). The maximum absolute atomic E-state index is 11.9. The number of rotatable bonds is 4. The van der Waals surface area contributed by atoms with E-state index in [0.29, 0.717) is 4.88 Å². The van der Waals surface area contributed by atoms with Crippen molar-refractivity contribution >= 4 is 27.3 Å². The summed E-state index contributed by atoms with van der Waals surface area (Å²) in [6, 6.07) is 2.91. The normalized spacial score (nSPS) is 17.9. The molecular formula is C9H11NO5S2. The molecule has 0 saturated carbocycles. The molecule has 94 valence electrons. The first kappa shape index (κ1) is 12.5. The zero-order valence-corrected chi connectivity index (χ0v) is 10.4. The molecule has 2 rings (SSSR count). The van der Waals surface area contributed by atoms with E-state index in [1.165, 1.54) is 16.4 Å². The monoisotopic (exact) mass is 277 g/mol. The van der Waals surface area contributed by atoms with Crippen LogP contribution in [0.25, 0.3) is 0 Å². The Labute approximate surface area is 102 Å². The molecule has 0 radical (unpaired) electrons. The first-order chi connectivity index (χ1) is 7.89. The van der Waals surface area contributed by atoms with E-state index in [-0.39, 0.29) is 23.7 Å². The highest BCUT2D eigenvalue weighted by atomic mass is 32.2. The van der Waals surface area contributed by atoms with Crippen molar-refractivity contribution in [2.75, 3.05) is 13.1 Å². The molecule has 17 heavy (non-hydrogen) atoms. The van der Waals surface area contributed by atoms with Crippen LogP contribution in [0.4, 0.5) is 0 Å². The summed E-state index contributed by atoms with van der Waals surface area (Å²) in [5.74, 6) is -0.991. The number of sulfonamides is 1. The molecule has 1 aliphatic heterocycles. The quantitative estimate of drug-likeness (QED) is 0.790. The van der Waals surface area contributed by atoms with Gasteiger partial charge in [0.25, 0.3) is 10.0 Å². The van der Waals surface area contributed by atoms with Crippen LogP contribution in [0.15, 0.2) is 16.3 Å². The summed E-state index contributed by atoms with van der Waals surface area (Å²) in [5.41, 5.74) is 0. The average Bonchev–Trinajstić information content (AvgIpc) is 2.60. The highest BCUT2D eigenvalue weighted by Gasteiger charge is 2.36. The van der Waals surface area contributed by atoms with Crippen molar-refractivity contribution in [3.63, 3.8) is 0 Å². The van der Waals surface area contributed by atoms with E-state index in [4.69, 9.17) is 10.2 Å². The topological polar surface area (TPSA) is 94.9 Å². The van der Waals surface area contributed by atoms with Crippen molar-refractivity contribution in [2.45, 2.75) is 16.7 Å². The van der Waals surface area contributed by atoms with Gasteiger partial charge in [0.2, 0.25) is 0 Å². The summed E-state index contributed by atoms with van der Waals surface area (Å²) >= 11 is 0.955. The Morgan fingerprint density at radius 3 is 2.65 bits per heavy atom. The molecule has 0 aromatic carbocycles. The van der Waals surface area contributed by atoms with Gasteiger partial charge in [0.1, 0.15) is 4.21 Å². The van der Waals surface area contributed by atoms with Crippen molar-refractivity contribution in [3.8, 4) is 0 Å². The van der Waals surface area contributed by atoms with Gasteiger partial charge in [-0.3, -0.25) is 4.79 Å². The first-order valence-electron chi connectivity index (χ1n) is 4.88. The van der Waals surface area contributed by atoms with E-state index in [1.807, 2.05) is 0 Å². The third-order valence-electron chi connectivity index (χ3n) is 2.39. The molecule has 0 aliphatic carbocycles. The smallest absolute Gasteiger partial charge is 0.308 e. The third-order valence-corrected chi connectivity index (χ3v) is 5.77. The van der Waals surface area contributed by atoms with E-state index >= 15 is 0 Å². The van der Waals surface area contributed by atoms with Gasteiger partial charge in [0.05, 0.1) is 12.5 Å². The summed E-state index contributed by atoms with van der Waals surface area (Å²) < 4.78 is 25.2. The van der Waals surface area contributed by atoms with Crippen LogP contribution in [0, 0.1) is 0 Å². The predicted molar refractivity (Wildman–Crippen MR) is 60.4 cm³/mol. The number of carboxylic acid groups (broad SMARTS) is 1. The van der Waals surface area contributed by atoms with Gasteiger partial charge in [-0.25, -0.2) is 8.42 Å². The molecule has 1 fully saturated rings. The van der Waals surface area contributed by atoms with E-state index in [0.717, 1.165) is 11.3 Å². The van der Waals surface area contributed by atoms with Crippen LogP contribution in [0.1, 0.15) is 4.88 Å². The molecule has 2 N–H and O–H groups in total. The maximum atomic E-state index is 11.9. The fourth-order valence-electron chi connectivity index (χ4n) is 1.48. The van der Waals surface area contributed by atoms with Gasteiger partial charge in [0, 0.05) is 18.0 Å². The highest BCUT2D eigenvalue weighted by molar-refractivity contribution is 7.91. The fraction of sp³-hybridized carbons (Fsp3) is 0.444. The lowest BCUT2D eigenvalue weighted by Gasteiger charge is -2.34. The van der Waals surface area contributed by atoms with Gasteiger partial charge in [-0.15, -0.1) is 11.3 Å². The average molecular weight is 277 g/mol. The largest absolute Gasteiger partial charge is 0.481 e. The Balaban J connectivity index is 2.17. The molecule has 0 unspecified atom stereocenters. The van der Waals surface area contributed by atoms with Gasteiger partial charge in [-0.1, -0.05) is 0 Å². The van der Waals surface area contributed by atoms with Crippen molar-refractivity contribution in [1.82, 2.24) is 4.31 Å². The molecule has 1 aromatic heterocycles. The minimum Gasteiger partial charge on any atom is -0.481 e. The second-order valence-corrected chi connectivity index (χ2v) is 7.10. The number of aliphatic carboxylic acids is 1. The minimum atomic E-state index is -3.55. The van der Waals surface area contributed by atoms with Gasteiger partial charge in [-0.05, 0) is 12.1 Å². The molecule has 1 saturated heterocycles. The van der Waals surface area contributed by atoms with E-state index in [1.54, 1.807) is 0 Å². The molecule has 0 amide bonds. The lowest BCUT2D eigenvalue weighted by atomic mass is 10.2. The maximum Gasteiger partial charge on any atom is 0.308 e. The third kappa shape index (κ3) is 2.49. The Kier molecular flexibility index (Phi) is 3.21. The number of aliphatic hydroxyl groups is 1. The van der Waals surface area contributed by atoms with Crippen LogP contribution >= 0.6 is 11.3 Å². The number of carboxylic acids is 1. The summed E-state index contributed by atoms with van der Waals surface area (Å²) in [4.78, 5) is 11.0. The van der Waals surface area contributed by atoms with Crippen molar-refractivity contribution in [1.29, 1.82) is 0 Å². The predicted octanol–water partition coefficient (Wildman–Crippen LogP) is -0.260. The van der Waals surface area contributed by atoms with Crippen LogP contribution in [0.5, 0.6) is 0 Å². The molecule has 0 atom stereocenters. The lowest BCUT2D eigenvalue weighted by molar-refractivity contribution is -0.136. The van der Waals surface area contributed by atoms with Gasteiger partial charge >= 0.3 is 5.97 Å². The number of hydrogen-bond donors (Lipinski definition) is 2. The fourth-order valence-corrected chi connectivity index (χ4v) is 4.50. The van der Waals surface area contributed by atoms with Crippen LogP contribution in [0.2, 0.25) is 0 Å². The SMILES string of the molecule is O=C(O)Cc1ccc(S(=O)(=O)N2CC(O)C2)s1. The van der Waals surface area contributed by atoms with Crippen LogP contribution in [-0.2, 0) is 21.2 Å². The molecule has 1 aromatic rings.